The summed E-state index contributed by atoms with van der Waals surface area (Å²) in [7, 11) is 0. The number of benzene rings is 1. The Kier molecular flexibility index (Phi) is 5.02. The van der Waals surface area contributed by atoms with Gasteiger partial charge in [0.25, 0.3) is 0 Å². The van der Waals surface area contributed by atoms with Crippen LogP contribution in [-0.4, -0.2) is 18.3 Å². The van der Waals surface area contributed by atoms with Crippen LogP contribution in [0, 0.1) is 0 Å². The highest BCUT2D eigenvalue weighted by molar-refractivity contribution is 5.40. The maximum absolute atomic E-state index is 8.67. The molecule has 0 radical (unpaired) electrons. The topological polar surface area (TPSA) is 55.5 Å². The monoisotopic (exact) mass is 249 g/mol. The Morgan fingerprint density at radius 2 is 2.06 bits per heavy atom. The predicted octanol–water partition coefficient (Wildman–Crippen LogP) is 2.56. The van der Waals surface area contributed by atoms with Crippen molar-refractivity contribution in [2.75, 3.05) is 13.2 Å². The lowest BCUT2D eigenvalue weighted by atomic mass is 10.1. The standard InChI is InChI=1S/C15H23NO2/c16-15-8-5-12-11-13(6-7-14(12)15)18-10-4-2-1-3-9-17/h6-7,11,15,17H,1-5,8-10,16H2/t15-/m0/s1. The molecule has 0 saturated heterocycles. The van der Waals surface area contributed by atoms with Crippen LogP contribution in [0.2, 0.25) is 0 Å². The first-order chi connectivity index (χ1) is 8.81. The van der Waals surface area contributed by atoms with Crippen LogP contribution in [0.3, 0.4) is 0 Å². The van der Waals surface area contributed by atoms with E-state index in [1.807, 2.05) is 6.07 Å². The van der Waals surface area contributed by atoms with Crippen molar-refractivity contribution in [3.63, 3.8) is 0 Å². The molecule has 0 unspecified atom stereocenters. The smallest absolute Gasteiger partial charge is 0.119 e. The van der Waals surface area contributed by atoms with Crippen molar-refractivity contribution >= 4 is 0 Å². The van der Waals surface area contributed by atoms with E-state index >= 15 is 0 Å². The molecule has 0 bridgehead atoms. The van der Waals surface area contributed by atoms with Crippen LogP contribution >= 0.6 is 0 Å². The van der Waals surface area contributed by atoms with Crippen LogP contribution in [0.1, 0.15) is 49.3 Å². The molecular weight excluding hydrogens is 226 g/mol. The van der Waals surface area contributed by atoms with Crippen molar-refractivity contribution in [2.45, 2.75) is 44.6 Å². The van der Waals surface area contributed by atoms with E-state index in [0.29, 0.717) is 6.61 Å². The van der Waals surface area contributed by atoms with Crippen molar-refractivity contribution in [3.8, 4) is 5.75 Å². The zero-order valence-electron chi connectivity index (χ0n) is 10.9. The van der Waals surface area contributed by atoms with Gasteiger partial charge in [0, 0.05) is 12.6 Å². The van der Waals surface area contributed by atoms with E-state index in [1.54, 1.807) is 0 Å². The van der Waals surface area contributed by atoms with Crippen molar-refractivity contribution < 1.29 is 9.84 Å². The fraction of sp³-hybridized carbons (Fsp3) is 0.600. The molecule has 3 N–H and O–H groups in total. The lowest BCUT2D eigenvalue weighted by Gasteiger charge is -2.09. The maximum atomic E-state index is 8.67. The summed E-state index contributed by atoms with van der Waals surface area (Å²) in [5.41, 5.74) is 8.63. The average molecular weight is 249 g/mol. The van der Waals surface area contributed by atoms with Gasteiger partial charge in [-0.05, 0) is 55.4 Å². The zero-order chi connectivity index (χ0) is 12.8. The van der Waals surface area contributed by atoms with Crippen LogP contribution in [0.4, 0.5) is 0 Å². The van der Waals surface area contributed by atoms with Gasteiger partial charge in [0.1, 0.15) is 5.75 Å². The van der Waals surface area contributed by atoms with Gasteiger partial charge in [-0.1, -0.05) is 12.5 Å². The summed E-state index contributed by atoms with van der Waals surface area (Å²) < 4.78 is 5.74. The number of rotatable bonds is 7. The molecule has 3 heteroatoms. The van der Waals surface area contributed by atoms with Crippen molar-refractivity contribution in [1.29, 1.82) is 0 Å². The average Bonchev–Trinajstić information content (AvgIpc) is 2.75. The van der Waals surface area contributed by atoms with Crippen LogP contribution in [0.15, 0.2) is 18.2 Å². The summed E-state index contributed by atoms with van der Waals surface area (Å²) in [6, 6.07) is 6.48. The van der Waals surface area contributed by atoms with E-state index in [1.165, 1.54) is 11.1 Å². The van der Waals surface area contributed by atoms with Gasteiger partial charge in [-0.25, -0.2) is 0 Å². The molecule has 1 atom stereocenters. The molecule has 0 heterocycles. The van der Waals surface area contributed by atoms with Gasteiger partial charge in [0.15, 0.2) is 0 Å². The van der Waals surface area contributed by atoms with E-state index in [0.717, 1.165) is 50.9 Å². The Hall–Kier alpha value is -1.06. The van der Waals surface area contributed by atoms with E-state index in [4.69, 9.17) is 15.6 Å². The summed E-state index contributed by atoms with van der Waals surface area (Å²) in [5, 5.41) is 8.67. The van der Waals surface area contributed by atoms with Gasteiger partial charge in [0.2, 0.25) is 0 Å². The first-order valence-corrected chi connectivity index (χ1v) is 6.93. The van der Waals surface area contributed by atoms with Gasteiger partial charge in [-0.15, -0.1) is 0 Å². The molecular formula is C15H23NO2. The van der Waals surface area contributed by atoms with Crippen molar-refractivity contribution in [2.24, 2.45) is 5.73 Å². The molecule has 0 amide bonds. The number of unbranched alkanes of at least 4 members (excludes halogenated alkanes) is 3. The molecule has 0 saturated carbocycles. The van der Waals surface area contributed by atoms with Gasteiger partial charge < -0.3 is 15.6 Å². The highest BCUT2D eigenvalue weighted by Gasteiger charge is 2.18. The largest absolute Gasteiger partial charge is 0.494 e. The number of aliphatic hydroxyl groups excluding tert-OH is 1. The third kappa shape index (κ3) is 3.47. The Morgan fingerprint density at radius 3 is 2.89 bits per heavy atom. The Bertz CT molecular complexity index is 379. The Labute approximate surface area is 109 Å². The number of hydrogen-bond donors (Lipinski definition) is 2. The third-order valence-corrected chi connectivity index (χ3v) is 3.56. The van der Waals surface area contributed by atoms with Crippen LogP contribution in [0.25, 0.3) is 0 Å². The van der Waals surface area contributed by atoms with Gasteiger partial charge in [-0.3, -0.25) is 0 Å². The minimum atomic E-state index is 0.215. The lowest BCUT2D eigenvalue weighted by Crippen LogP contribution is -2.05. The Morgan fingerprint density at radius 1 is 1.22 bits per heavy atom. The molecule has 1 aromatic carbocycles. The second-order valence-electron chi connectivity index (χ2n) is 4.99. The normalized spacial score (nSPS) is 17.8. The molecule has 0 spiro atoms. The van der Waals surface area contributed by atoms with E-state index in [-0.39, 0.29) is 6.04 Å². The van der Waals surface area contributed by atoms with Crippen LogP contribution in [0.5, 0.6) is 5.75 Å². The molecule has 0 aromatic heterocycles. The second-order valence-corrected chi connectivity index (χ2v) is 4.99. The molecule has 0 fully saturated rings. The number of aryl methyl sites for hydroxylation is 1. The van der Waals surface area contributed by atoms with Crippen molar-refractivity contribution in [3.05, 3.63) is 29.3 Å². The fourth-order valence-electron chi connectivity index (χ4n) is 2.47. The predicted molar refractivity (Wildman–Crippen MR) is 72.7 cm³/mol. The minimum Gasteiger partial charge on any atom is -0.494 e. The summed E-state index contributed by atoms with van der Waals surface area (Å²) >= 11 is 0. The highest BCUT2D eigenvalue weighted by Crippen LogP contribution is 2.31. The number of nitrogens with two attached hydrogens (primary N) is 1. The summed E-state index contributed by atoms with van der Waals surface area (Å²) in [4.78, 5) is 0. The summed E-state index contributed by atoms with van der Waals surface area (Å²) in [5.74, 6) is 0.963. The quantitative estimate of drug-likeness (QED) is 0.730. The molecule has 1 aliphatic carbocycles. The number of hydrogen-bond acceptors (Lipinski definition) is 3. The van der Waals surface area contributed by atoms with E-state index in [2.05, 4.69) is 12.1 Å². The number of ether oxygens (including phenoxy) is 1. The zero-order valence-corrected chi connectivity index (χ0v) is 10.9. The second kappa shape index (κ2) is 6.76. The Balaban J connectivity index is 1.74. The van der Waals surface area contributed by atoms with Crippen LogP contribution in [-0.2, 0) is 6.42 Å². The maximum Gasteiger partial charge on any atom is 0.119 e. The first-order valence-electron chi connectivity index (χ1n) is 6.93. The first kappa shape index (κ1) is 13.4. The summed E-state index contributed by atoms with van der Waals surface area (Å²) in [6.07, 6.45) is 6.28. The molecule has 1 aromatic rings. The van der Waals surface area contributed by atoms with Gasteiger partial charge >= 0.3 is 0 Å². The lowest BCUT2D eigenvalue weighted by molar-refractivity contribution is 0.273. The summed E-state index contributed by atoms with van der Waals surface area (Å²) in [6.45, 7) is 1.06. The van der Waals surface area contributed by atoms with E-state index < -0.39 is 0 Å². The molecule has 1 aliphatic rings. The molecule has 0 aliphatic heterocycles. The number of aliphatic hydroxyl groups is 1. The number of fused-ring (bicyclic) bond motifs is 1. The molecule has 100 valence electrons. The SMILES string of the molecule is N[C@H]1CCc2cc(OCCCCCCO)ccc21. The highest BCUT2D eigenvalue weighted by atomic mass is 16.5. The van der Waals surface area contributed by atoms with Gasteiger partial charge in [-0.2, -0.15) is 0 Å². The van der Waals surface area contributed by atoms with Crippen molar-refractivity contribution in [1.82, 2.24) is 0 Å². The molecule has 3 nitrogen and oxygen atoms in total. The minimum absolute atomic E-state index is 0.215. The van der Waals surface area contributed by atoms with Crippen LogP contribution < -0.4 is 10.5 Å². The fourth-order valence-corrected chi connectivity index (χ4v) is 2.47. The van der Waals surface area contributed by atoms with E-state index in [9.17, 15) is 0 Å². The molecule has 2 rings (SSSR count). The third-order valence-electron chi connectivity index (χ3n) is 3.56. The molecule has 18 heavy (non-hydrogen) atoms. The van der Waals surface area contributed by atoms with Gasteiger partial charge in [0.05, 0.1) is 6.61 Å².